The Hall–Kier alpha value is -2.82. The summed E-state index contributed by atoms with van der Waals surface area (Å²) in [4.78, 5) is 23.7. The first-order valence-electron chi connectivity index (χ1n) is 13.7. The fourth-order valence-electron chi connectivity index (χ4n) is 4.91. The predicted molar refractivity (Wildman–Crippen MR) is 138 cm³/mol. The summed E-state index contributed by atoms with van der Waals surface area (Å²) in [7, 11) is 0. The third-order valence-electron chi connectivity index (χ3n) is 7.19. The molecule has 0 spiro atoms. The van der Waals surface area contributed by atoms with Crippen LogP contribution in [0.5, 0.6) is 0 Å². The highest BCUT2D eigenvalue weighted by atomic mass is 16.6. The number of aliphatic hydroxyl groups excluding tert-OH is 1. The van der Waals surface area contributed by atoms with E-state index in [0.29, 0.717) is 24.6 Å². The van der Waals surface area contributed by atoms with Gasteiger partial charge in [-0.1, -0.05) is 50.3 Å². The Morgan fingerprint density at radius 1 is 1.18 bits per heavy atom. The Balaban J connectivity index is 1.27. The van der Waals surface area contributed by atoms with Crippen LogP contribution >= 0.6 is 0 Å². The van der Waals surface area contributed by atoms with Gasteiger partial charge in [0.2, 0.25) is 0 Å². The van der Waals surface area contributed by atoms with Crippen LogP contribution in [0.15, 0.2) is 30.5 Å². The zero-order chi connectivity index (χ0) is 28.2. The Kier molecular flexibility index (Phi) is 8.71. The predicted octanol–water partition coefficient (Wildman–Crippen LogP) is 3.30. The van der Waals surface area contributed by atoms with Crippen molar-refractivity contribution in [1.82, 2.24) is 15.0 Å². The van der Waals surface area contributed by atoms with Crippen LogP contribution in [-0.2, 0) is 41.7 Å². The number of aromatic nitrogens is 3. The lowest BCUT2D eigenvalue weighted by Gasteiger charge is -2.40. The van der Waals surface area contributed by atoms with E-state index >= 15 is 0 Å². The van der Waals surface area contributed by atoms with Crippen molar-refractivity contribution in [2.45, 2.75) is 90.9 Å². The Morgan fingerprint density at radius 2 is 1.92 bits per heavy atom. The molecule has 10 heteroatoms. The number of esters is 2. The summed E-state index contributed by atoms with van der Waals surface area (Å²) in [5.74, 6) is -0.379. The first-order chi connectivity index (χ1) is 18.5. The van der Waals surface area contributed by atoms with Crippen molar-refractivity contribution in [1.29, 1.82) is 0 Å². The summed E-state index contributed by atoms with van der Waals surface area (Å²) in [6.45, 7) is 7.52. The summed E-state index contributed by atoms with van der Waals surface area (Å²) in [5, 5.41) is 18.0. The molecule has 2 heterocycles. The van der Waals surface area contributed by atoms with Crippen molar-refractivity contribution in [3.63, 3.8) is 0 Å². The van der Waals surface area contributed by atoms with E-state index in [1.807, 2.05) is 24.3 Å². The van der Waals surface area contributed by atoms with E-state index in [-0.39, 0.29) is 43.2 Å². The number of hydrogen-bond donors (Lipinski definition) is 1. The maximum absolute atomic E-state index is 12.2. The molecule has 0 amide bonds. The second-order valence-electron chi connectivity index (χ2n) is 11.3. The number of aliphatic hydroxyl groups is 1. The Labute approximate surface area is 225 Å². The zero-order valence-corrected chi connectivity index (χ0v) is 22.5. The highest BCUT2D eigenvalue weighted by Gasteiger charge is 2.37. The highest BCUT2D eigenvalue weighted by molar-refractivity contribution is 5.69. The van der Waals surface area contributed by atoms with Gasteiger partial charge in [0.25, 0.3) is 0 Å². The van der Waals surface area contributed by atoms with Crippen LogP contribution in [0, 0.1) is 11.3 Å². The monoisotopic (exact) mass is 531 g/mol. The second kappa shape index (κ2) is 12.4. The third-order valence-corrected chi connectivity index (χ3v) is 7.19. The normalized spacial score (nSPS) is 28.1. The highest BCUT2D eigenvalue weighted by Crippen LogP contribution is 2.40. The standard InChI is InChI=1S/C28H39N3O7/c1-18(32)38-23-12-21(28(2,3)4)11-22(13-23)36-16-19-5-7-20(8-6-19)24-14-31(30-29-24)15-27(34)37-17-26-25(33)9-10-35-26/h5-8,14,21-23,25-26,33H,9-13,15-17H2,1-4H3/t21-,22?,23?,25?,26+/m0/s1/i10T/t10-,21-,22?,23?,25?,26+. The molecule has 1 aromatic carbocycles. The topological polar surface area (TPSA) is 122 Å². The molecule has 3 unspecified atom stereocenters. The summed E-state index contributed by atoms with van der Waals surface area (Å²) >= 11 is 0. The molecule has 0 bridgehead atoms. The molecule has 6 atom stereocenters. The third kappa shape index (κ3) is 7.85. The lowest BCUT2D eigenvalue weighted by Crippen LogP contribution is -2.39. The van der Waals surface area contributed by atoms with Crippen LogP contribution in [0.25, 0.3) is 11.3 Å². The fourth-order valence-corrected chi connectivity index (χ4v) is 4.91. The van der Waals surface area contributed by atoms with Gasteiger partial charge in [-0.25, -0.2) is 4.68 Å². The van der Waals surface area contributed by atoms with Crippen LogP contribution in [0.1, 0.15) is 60.3 Å². The number of ether oxygens (including phenoxy) is 4. The molecular formula is C28H39N3O7. The van der Waals surface area contributed by atoms with Crippen LogP contribution in [-0.4, -0.2) is 69.6 Å². The molecule has 1 aromatic heterocycles. The SMILES string of the molecule is [3H][C@H]1CC(O)[C@@H](COC(=O)Cn2cc(-c3ccc(COC4CC(OC(C)=O)C[C@@H](C(C)(C)C)C4)cc3)nn2)O1. The molecular weight excluding hydrogens is 490 g/mol. The molecule has 208 valence electrons. The van der Waals surface area contributed by atoms with Gasteiger partial charge in [-0.15, -0.1) is 5.10 Å². The van der Waals surface area contributed by atoms with Gasteiger partial charge in [0.1, 0.15) is 31.1 Å². The minimum absolute atomic E-state index is 0.0172. The maximum atomic E-state index is 12.2. The van der Waals surface area contributed by atoms with Gasteiger partial charge in [-0.2, -0.15) is 0 Å². The van der Waals surface area contributed by atoms with E-state index in [4.69, 9.17) is 20.3 Å². The number of nitrogens with zero attached hydrogens (tertiary/aromatic N) is 3. The van der Waals surface area contributed by atoms with Gasteiger partial charge >= 0.3 is 11.9 Å². The van der Waals surface area contributed by atoms with Crippen molar-refractivity contribution in [3.05, 3.63) is 36.0 Å². The van der Waals surface area contributed by atoms with Gasteiger partial charge in [-0.3, -0.25) is 9.59 Å². The van der Waals surface area contributed by atoms with E-state index in [0.717, 1.165) is 24.0 Å². The molecule has 1 aliphatic carbocycles. The van der Waals surface area contributed by atoms with E-state index in [1.54, 1.807) is 6.20 Å². The van der Waals surface area contributed by atoms with E-state index in [9.17, 15) is 14.7 Å². The molecule has 1 saturated carbocycles. The fraction of sp³-hybridized carbons (Fsp3) is 0.643. The number of benzene rings is 1. The van der Waals surface area contributed by atoms with E-state index in [1.165, 1.54) is 11.6 Å². The van der Waals surface area contributed by atoms with E-state index < -0.39 is 24.8 Å². The number of hydrogen-bond acceptors (Lipinski definition) is 9. The maximum Gasteiger partial charge on any atom is 0.327 e. The minimum atomic E-state index is -0.813. The molecule has 1 saturated heterocycles. The second-order valence-corrected chi connectivity index (χ2v) is 11.3. The van der Waals surface area contributed by atoms with Crippen molar-refractivity contribution in [3.8, 4) is 11.3 Å². The smallest absolute Gasteiger partial charge is 0.327 e. The van der Waals surface area contributed by atoms with Crippen molar-refractivity contribution in [2.24, 2.45) is 11.3 Å². The first-order valence-corrected chi connectivity index (χ1v) is 13.2. The number of carbonyl (C=O) groups excluding carboxylic acids is 2. The van der Waals surface area contributed by atoms with Gasteiger partial charge in [-0.05, 0) is 36.2 Å². The van der Waals surface area contributed by atoms with Gasteiger partial charge in [0, 0.05) is 25.5 Å². The molecule has 2 aromatic rings. The Bertz CT molecular complexity index is 1120. The molecule has 4 rings (SSSR count). The summed E-state index contributed by atoms with van der Waals surface area (Å²) in [6, 6.07) is 7.81. The molecule has 2 aliphatic rings. The average Bonchev–Trinajstić information content (AvgIpc) is 3.45. The quantitative estimate of drug-likeness (QED) is 0.486. The molecule has 10 nitrogen and oxygen atoms in total. The number of carbonyl (C=O) groups is 2. The van der Waals surface area contributed by atoms with Gasteiger partial charge in [0.15, 0.2) is 0 Å². The Morgan fingerprint density at radius 3 is 2.58 bits per heavy atom. The summed E-state index contributed by atoms with van der Waals surface area (Å²) < 4.78 is 31.1. The lowest BCUT2D eigenvalue weighted by molar-refractivity contribution is -0.154. The van der Waals surface area contributed by atoms with Crippen molar-refractivity contribution >= 4 is 11.9 Å². The lowest BCUT2D eigenvalue weighted by atomic mass is 9.70. The summed E-state index contributed by atoms with van der Waals surface area (Å²) in [5.41, 5.74) is 2.59. The minimum Gasteiger partial charge on any atom is -0.462 e. The van der Waals surface area contributed by atoms with Crippen LogP contribution in [0.2, 0.25) is 0 Å². The molecule has 38 heavy (non-hydrogen) atoms. The van der Waals surface area contributed by atoms with Crippen molar-refractivity contribution < 1.29 is 35.0 Å². The van der Waals surface area contributed by atoms with Crippen LogP contribution < -0.4 is 0 Å². The average molecular weight is 532 g/mol. The van der Waals surface area contributed by atoms with Gasteiger partial charge in [0.05, 0.1) is 26.4 Å². The largest absolute Gasteiger partial charge is 0.462 e. The molecule has 0 radical (unpaired) electrons. The molecule has 2 fully saturated rings. The first kappa shape index (κ1) is 26.8. The van der Waals surface area contributed by atoms with Gasteiger partial charge < -0.3 is 24.1 Å². The molecule has 1 aliphatic heterocycles. The number of rotatable bonds is 9. The van der Waals surface area contributed by atoms with E-state index in [2.05, 4.69) is 31.1 Å². The molecule has 1 N–H and O–H groups in total. The zero-order valence-electron chi connectivity index (χ0n) is 23.5. The van der Waals surface area contributed by atoms with Crippen molar-refractivity contribution in [2.75, 3.05) is 13.2 Å². The van der Waals surface area contributed by atoms with Crippen LogP contribution in [0.3, 0.4) is 0 Å². The summed E-state index contributed by atoms with van der Waals surface area (Å²) in [6.07, 6.45) is 2.77. The van der Waals surface area contributed by atoms with Crippen LogP contribution in [0.4, 0.5) is 0 Å².